The number of aryl methyl sites for hydroxylation is 1. The molecule has 8 nitrogen and oxygen atoms in total. The van der Waals surface area contributed by atoms with E-state index in [1.807, 2.05) is 27.0 Å². The summed E-state index contributed by atoms with van der Waals surface area (Å²) in [6.07, 6.45) is 5.40. The predicted molar refractivity (Wildman–Crippen MR) is 131 cm³/mol. The van der Waals surface area contributed by atoms with Crippen molar-refractivity contribution in [3.63, 3.8) is 0 Å². The van der Waals surface area contributed by atoms with Gasteiger partial charge >= 0.3 is 6.09 Å². The molecule has 0 aliphatic carbocycles. The Morgan fingerprint density at radius 1 is 1.28 bits per heavy atom. The van der Waals surface area contributed by atoms with Crippen LogP contribution in [0.25, 0.3) is 0 Å². The number of hydrogen-bond acceptors (Lipinski definition) is 5. The molecule has 1 fully saturated rings. The van der Waals surface area contributed by atoms with Gasteiger partial charge in [-0.25, -0.2) is 9.78 Å². The van der Waals surface area contributed by atoms with Crippen molar-refractivity contribution in [2.45, 2.75) is 84.9 Å². The number of hydrogen-bond donors (Lipinski definition) is 3. The van der Waals surface area contributed by atoms with Crippen LogP contribution in [-0.4, -0.2) is 60.9 Å². The molecule has 1 aromatic heterocycles. The molecular formula is C24H42N6O2. The zero-order valence-electron chi connectivity index (χ0n) is 20.7. The first-order valence-corrected chi connectivity index (χ1v) is 11.9. The number of carbonyl (C=O) groups excluding carboxylic acids is 1. The van der Waals surface area contributed by atoms with Crippen LogP contribution in [0.1, 0.15) is 65.9 Å². The summed E-state index contributed by atoms with van der Waals surface area (Å²) in [6, 6.07) is 4.51. The number of piperidine rings is 1. The minimum atomic E-state index is -0.510. The number of pyridine rings is 1. The fourth-order valence-electron chi connectivity index (χ4n) is 3.65. The van der Waals surface area contributed by atoms with Crippen LogP contribution >= 0.6 is 0 Å². The molecule has 1 saturated heterocycles. The summed E-state index contributed by atoms with van der Waals surface area (Å²) in [5.41, 5.74) is 0.670. The Morgan fingerprint density at radius 3 is 2.56 bits per heavy atom. The van der Waals surface area contributed by atoms with E-state index in [1.165, 1.54) is 5.56 Å². The van der Waals surface area contributed by atoms with Crippen molar-refractivity contribution in [2.24, 2.45) is 4.99 Å². The summed E-state index contributed by atoms with van der Waals surface area (Å²) in [7, 11) is 0. The van der Waals surface area contributed by atoms with Crippen molar-refractivity contribution in [3.8, 4) is 0 Å². The van der Waals surface area contributed by atoms with Gasteiger partial charge in [0.1, 0.15) is 11.4 Å². The minimum Gasteiger partial charge on any atom is -0.444 e. The molecule has 1 aliphatic rings. The van der Waals surface area contributed by atoms with Crippen LogP contribution in [-0.2, 0) is 4.74 Å². The quantitative estimate of drug-likeness (QED) is 0.417. The van der Waals surface area contributed by atoms with E-state index in [2.05, 4.69) is 58.7 Å². The summed E-state index contributed by atoms with van der Waals surface area (Å²) >= 11 is 0. The second-order valence-corrected chi connectivity index (χ2v) is 9.45. The predicted octanol–water partition coefficient (Wildman–Crippen LogP) is 3.61. The van der Waals surface area contributed by atoms with Crippen molar-refractivity contribution in [1.29, 1.82) is 0 Å². The maximum Gasteiger partial charge on any atom is 0.407 e. The first kappa shape index (κ1) is 25.7. The van der Waals surface area contributed by atoms with Gasteiger partial charge in [-0.15, -0.1) is 0 Å². The Labute approximate surface area is 193 Å². The molecule has 1 aromatic rings. The molecule has 0 radical (unpaired) electrons. The highest BCUT2D eigenvalue weighted by molar-refractivity contribution is 5.80. The van der Waals surface area contributed by atoms with Gasteiger partial charge in [0.2, 0.25) is 0 Å². The zero-order chi connectivity index (χ0) is 23.6. The maximum absolute atomic E-state index is 12.2. The highest BCUT2D eigenvalue weighted by Crippen LogP contribution is 2.18. The standard InChI is InChI=1S/C24H42N6O2/c1-7-9-20(29-23(31)32-24(4,5)6)17-27-22(25-8-2)28-19-12-14-30(15-13-19)21-11-10-18(3)16-26-21/h10-11,16,19-20H,7-9,12-15,17H2,1-6H3,(H,29,31)(H2,25,27,28). The third-order valence-electron chi connectivity index (χ3n) is 5.23. The SMILES string of the molecule is CCCC(CN=C(NCC)NC1CCN(c2ccc(C)cn2)CC1)NC(=O)OC(C)(C)C. The average molecular weight is 447 g/mol. The van der Waals surface area contributed by atoms with Crippen LogP contribution < -0.4 is 20.9 Å². The fourth-order valence-corrected chi connectivity index (χ4v) is 3.65. The summed E-state index contributed by atoms with van der Waals surface area (Å²) in [5.74, 6) is 1.84. The number of carbonyl (C=O) groups is 1. The van der Waals surface area contributed by atoms with Crippen molar-refractivity contribution in [1.82, 2.24) is 20.9 Å². The van der Waals surface area contributed by atoms with E-state index in [0.717, 1.165) is 57.1 Å². The van der Waals surface area contributed by atoms with E-state index in [0.29, 0.717) is 12.6 Å². The van der Waals surface area contributed by atoms with Gasteiger partial charge in [-0.2, -0.15) is 0 Å². The molecule has 8 heteroatoms. The minimum absolute atomic E-state index is 0.0558. The molecule has 0 saturated carbocycles. The Bertz CT molecular complexity index is 721. The first-order valence-electron chi connectivity index (χ1n) is 11.9. The van der Waals surface area contributed by atoms with Crippen LogP contribution in [0, 0.1) is 6.92 Å². The Kier molecular flexibility index (Phi) is 10.1. The largest absolute Gasteiger partial charge is 0.444 e. The number of ether oxygens (including phenoxy) is 1. The highest BCUT2D eigenvalue weighted by atomic mass is 16.6. The number of rotatable bonds is 8. The zero-order valence-corrected chi connectivity index (χ0v) is 20.7. The number of nitrogens with zero attached hydrogens (tertiary/aromatic N) is 3. The number of anilines is 1. The summed E-state index contributed by atoms with van der Waals surface area (Å²) in [4.78, 5) is 23.8. The molecule has 1 aliphatic heterocycles. The van der Waals surface area contributed by atoms with Gasteiger partial charge in [-0.1, -0.05) is 19.4 Å². The molecule has 1 amide bonds. The van der Waals surface area contributed by atoms with Gasteiger partial charge in [-0.05, 0) is 65.5 Å². The lowest BCUT2D eigenvalue weighted by molar-refractivity contribution is 0.0503. The van der Waals surface area contributed by atoms with Gasteiger partial charge in [0.25, 0.3) is 0 Å². The molecule has 2 heterocycles. The van der Waals surface area contributed by atoms with Crippen molar-refractivity contribution >= 4 is 17.9 Å². The molecule has 0 spiro atoms. The monoisotopic (exact) mass is 446 g/mol. The summed E-state index contributed by atoms with van der Waals surface area (Å²) in [6.45, 7) is 15.1. The molecule has 0 bridgehead atoms. The van der Waals surface area contributed by atoms with E-state index in [4.69, 9.17) is 9.73 Å². The molecule has 2 rings (SSSR count). The smallest absolute Gasteiger partial charge is 0.407 e. The average Bonchev–Trinajstić information content (AvgIpc) is 2.72. The van der Waals surface area contributed by atoms with Gasteiger partial charge in [0.05, 0.1) is 12.6 Å². The number of aromatic nitrogens is 1. The van der Waals surface area contributed by atoms with Gasteiger partial charge < -0.3 is 25.6 Å². The van der Waals surface area contributed by atoms with Crippen LogP contribution in [0.4, 0.5) is 10.6 Å². The van der Waals surface area contributed by atoms with E-state index < -0.39 is 5.60 Å². The third kappa shape index (κ3) is 9.32. The van der Waals surface area contributed by atoms with E-state index in [1.54, 1.807) is 0 Å². The van der Waals surface area contributed by atoms with E-state index in [9.17, 15) is 4.79 Å². The second-order valence-electron chi connectivity index (χ2n) is 9.45. The van der Waals surface area contributed by atoms with E-state index >= 15 is 0 Å². The lowest BCUT2D eigenvalue weighted by Crippen LogP contribution is -2.49. The topological polar surface area (TPSA) is 90.9 Å². The number of alkyl carbamates (subject to hydrolysis) is 1. The summed E-state index contributed by atoms with van der Waals surface area (Å²) in [5, 5.41) is 9.88. The Balaban J connectivity index is 1.89. The van der Waals surface area contributed by atoms with Crippen molar-refractivity contribution < 1.29 is 9.53 Å². The highest BCUT2D eigenvalue weighted by Gasteiger charge is 2.22. The van der Waals surface area contributed by atoms with Crippen molar-refractivity contribution in [3.05, 3.63) is 23.9 Å². The van der Waals surface area contributed by atoms with E-state index in [-0.39, 0.29) is 12.1 Å². The fraction of sp³-hybridized carbons (Fsp3) is 0.708. The molecular weight excluding hydrogens is 404 g/mol. The van der Waals surface area contributed by atoms with Gasteiger partial charge in [0.15, 0.2) is 5.96 Å². The summed E-state index contributed by atoms with van der Waals surface area (Å²) < 4.78 is 5.40. The van der Waals surface area contributed by atoms with Gasteiger partial charge in [-0.3, -0.25) is 4.99 Å². The first-order chi connectivity index (χ1) is 15.2. The molecule has 32 heavy (non-hydrogen) atoms. The number of nitrogens with one attached hydrogen (secondary N) is 3. The third-order valence-corrected chi connectivity index (χ3v) is 5.23. The van der Waals surface area contributed by atoms with Crippen LogP contribution in [0.5, 0.6) is 0 Å². The Hall–Kier alpha value is -2.51. The van der Waals surface area contributed by atoms with Crippen LogP contribution in [0.15, 0.2) is 23.3 Å². The molecule has 3 N–H and O–H groups in total. The second kappa shape index (κ2) is 12.5. The van der Waals surface area contributed by atoms with Crippen LogP contribution in [0.2, 0.25) is 0 Å². The Morgan fingerprint density at radius 2 is 2.00 bits per heavy atom. The lowest BCUT2D eigenvalue weighted by Gasteiger charge is -2.34. The molecule has 1 unspecified atom stereocenters. The lowest BCUT2D eigenvalue weighted by atomic mass is 10.1. The normalized spacial score (nSPS) is 16.4. The molecule has 180 valence electrons. The number of guanidine groups is 1. The van der Waals surface area contributed by atoms with Crippen molar-refractivity contribution in [2.75, 3.05) is 31.1 Å². The molecule has 0 aromatic carbocycles. The molecule has 1 atom stereocenters. The van der Waals surface area contributed by atoms with Crippen LogP contribution in [0.3, 0.4) is 0 Å². The maximum atomic E-state index is 12.2. The number of aliphatic imine (C=N–C) groups is 1. The van der Waals surface area contributed by atoms with Gasteiger partial charge in [0, 0.05) is 31.9 Å². The number of amides is 1.